The number of carbonyl (C=O) groups is 3. The first-order chi connectivity index (χ1) is 21.4. The van der Waals surface area contributed by atoms with Crippen molar-refractivity contribution < 1.29 is 29.0 Å². The van der Waals surface area contributed by atoms with Crippen molar-refractivity contribution in [1.29, 1.82) is 5.41 Å². The van der Waals surface area contributed by atoms with Crippen LogP contribution in [0.2, 0.25) is 0 Å². The molecule has 15 nitrogen and oxygen atoms in total. The van der Waals surface area contributed by atoms with Crippen molar-refractivity contribution in [3.05, 3.63) is 99.7 Å². The molecule has 1 atom stereocenters. The molecular formula is C30H34N8O7. The molecule has 0 radical (unpaired) electrons. The molecule has 4 rings (SSSR count). The summed E-state index contributed by atoms with van der Waals surface area (Å²) < 4.78 is 12.5. The summed E-state index contributed by atoms with van der Waals surface area (Å²) in [5.41, 5.74) is 12.7. The second kappa shape index (κ2) is 15.4. The van der Waals surface area contributed by atoms with Crippen LogP contribution in [0, 0.1) is 5.41 Å². The van der Waals surface area contributed by atoms with E-state index in [2.05, 4.69) is 20.7 Å². The standard InChI is InChI=1S/C28H30N8O5.C2H4O2/c1-3-40-22-14-17(10-13-21(22)41-15-23(37)32-2)24(33-18-11-8-16(9-12-18)25(29)30)27-34-28(39)36(35-27)20-7-5-4-6-19(20)26(31)38;1-2(3)4/h4-14,24,33H,3,15H2,1-2H3,(H3,29,30)(H2,31,38)(H,32,37)(H,34,35,39);1H3,(H,3,4). The van der Waals surface area contributed by atoms with Gasteiger partial charge in [-0.25, -0.2) is 4.79 Å². The number of carbonyl (C=O) groups excluding carboxylic acids is 2. The molecule has 0 aliphatic heterocycles. The maximum absolute atomic E-state index is 13.1. The normalized spacial score (nSPS) is 10.9. The van der Waals surface area contributed by atoms with Crippen molar-refractivity contribution in [3.8, 4) is 17.2 Å². The first-order valence-electron chi connectivity index (χ1n) is 13.5. The SMILES string of the molecule is CC(=O)O.CCOc1cc(C(Nc2ccc(C(=N)N)cc2)c2nn(-c3ccccc3C(N)=O)c(=O)[nH]2)ccc1OCC(=O)NC. The van der Waals surface area contributed by atoms with Gasteiger partial charge in [-0.15, -0.1) is 5.10 Å². The number of carboxylic acid groups (broad SMARTS) is 1. The minimum absolute atomic E-state index is 0.0713. The monoisotopic (exact) mass is 618 g/mol. The van der Waals surface area contributed by atoms with Gasteiger partial charge in [0.25, 0.3) is 17.8 Å². The van der Waals surface area contributed by atoms with Gasteiger partial charge >= 0.3 is 5.69 Å². The Hall–Kier alpha value is -6.12. The quantitative estimate of drug-likeness (QED) is 0.0896. The van der Waals surface area contributed by atoms with Gasteiger partial charge in [-0.05, 0) is 61.0 Å². The third-order valence-electron chi connectivity index (χ3n) is 6.05. The number of rotatable bonds is 12. The molecule has 0 saturated carbocycles. The van der Waals surface area contributed by atoms with E-state index < -0.39 is 23.6 Å². The molecule has 1 aromatic heterocycles. The highest BCUT2D eigenvalue weighted by atomic mass is 16.5. The van der Waals surface area contributed by atoms with E-state index in [4.69, 9.17) is 36.3 Å². The lowest BCUT2D eigenvalue weighted by Crippen LogP contribution is -2.25. The van der Waals surface area contributed by atoms with Crippen molar-refractivity contribution in [2.75, 3.05) is 25.6 Å². The van der Waals surface area contributed by atoms with E-state index in [-0.39, 0.29) is 35.4 Å². The van der Waals surface area contributed by atoms with E-state index in [1.54, 1.807) is 60.7 Å². The molecule has 0 aliphatic rings. The molecule has 45 heavy (non-hydrogen) atoms. The number of nitrogen functional groups attached to an aromatic ring is 1. The summed E-state index contributed by atoms with van der Waals surface area (Å²) in [4.78, 5) is 48.6. The number of aliphatic carboxylic acids is 1. The van der Waals surface area contributed by atoms with Crippen molar-refractivity contribution in [1.82, 2.24) is 20.1 Å². The molecule has 0 spiro atoms. The van der Waals surface area contributed by atoms with Crippen molar-refractivity contribution >= 4 is 29.3 Å². The third-order valence-corrected chi connectivity index (χ3v) is 6.05. The fourth-order valence-corrected chi connectivity index (χ4v) is 4.03. The Bertz CT molecular complexity index is 1730. The maximum Gasteiger partial charge on any atom is 0.348 e. The fraction of sp³-hybridized carbons (Fsp3) is 0.200. The molecule has 236 valence electrons. The number of H-pyrrole nitrogens is 1. The predicted molar refractivity (Wildman–Crippen MR) is 166 cm³/mol. The Labute approximate surface area is 257 Å². The zero-order chi connectivity index (χ0) is 33.1. The number of nitrogens with two attached hydrogens (primary N) is 2. The van der Waals surface area contributed by atoms with Crippen LogP contribution >= 0.6 is 0 Å². The summed E-state index contributed by atoms with van der Waals surface area (Å²) in [6.07, 6.45) is 0. The first-order valence-corrected chi connectivity index (χ1v) is 13.5. The first kappa shape index (κ1) is 33.4. The average molecular weight is 619 g/mol. The summed E-state index contributed by atoms with van der Waals surface area (Å²) in [5.74, 6) is -0.938. The number of aromatic amines is 1. The molecule has 9 N–H and O–H groups in total. The van der Waals surface area contributed by atoms with Crippen LogP contribution in [0.5, 0.6) is 11.5 Å². The number of para-hydroxylation sites is 1. The molecule has 0 aliphatic carbocycles. The molecule has 1 unspecified atom stereocenters. The Morgan fingerprint density at radius 1 is 1.04 bits per heavy atom. The van der Waals surface area contributed by atoms with Crippen LogP contribution in [0.1, 0.15) is 47.2 Å². The van der Waals surface area contributed by atoms with Crippen LogP contribution in [0.15, 0.2) is 71.5 Å². The number of aromatic nitrogens is 3. The number of ether oxygens (including phenoxy) is 2. The van der Waals surface area contributed by atoms with Gasteiger partial charge in [-0.3, -0.25) is 24.8 Å². The fourth-order valence-electron chi connectivity index (χ4n) is 4.03. The number of primary amides is 1. The Balaban J connectivity index is 0.00000130. The van der Waals surface area contributed by atoms with Crippen LogP contribution < -0.4 is 37.3 Å². The largest absolute Gasteiger partial charge is 0.490 e. The van der Waals surface area contributed by atoms with Gasteiger partial charge in [-0.2, -0.15) is 4.68 Å². The molecular weight excluding hydrogens is 584 g/mol. The molecule has 4 aromatic rings. The van der Waals surface area contributed by atoms with Gasteiger partial charge in [0, 0.05) is 25.2 Å². The summed E-state index contributed by atoms with van der Waals surface area (Å²) in [7, 11) is 1.51. The Kier molecular flexibility index (Phi) is 11.4. The molecule has 0 fully saturated rings. The smallest absolute Gasteiger partial charge is 0.348 e. The van der Waals surface area contributed by atoms with Crippen molar-refractivity contribution in [3.63, 3.8) is 0 Å². The summed E-state index contributed by atoms with van der Waals surface area (Å²) >= 11 is 0. The third kappa shape index (κ3) is 8.93. The number of carboxylic acids is 1. The number of nitrogens with zero attached hydrogens (tertiary/aromatic N) is 2. The van der Waals surface area contributed by atoms with Gasteiger partial charge in [0.05, 0.1) is 17.9 Å². The zero-order valence-electron chi connectivity index (χ0n) is 24.8. The topological polar surface area (TPSA) is 241 Å². The highest BCUT2D eigenvalue weighted by molar-refractivity contribution is 5.96. The van der Waals surface area contributed by atoms with E-state index in [1.165, 1.54) is 13.1 Å². The number of hydrogen-bond donors (Lipinski definition) is 7. The van der Waals surface area contributed by atoms with Crippen LogP contribution in [0.4, 0.5) is 5.69 Å². The highest BCUT2D eigenvalue weighted by Crippen LogP contribution is 2.34. The molecule has 1 heterocycles. The molecule has 2 amide bonds. The van der Waals surface area contributed by atoms with Gasteiger partial charge in [0.15, 0.2) is 23.9 Å². The predicted octanol–water partition coefficient (Wildman–Crippen LogP) is 1.76. The van der Waals surface area contributed by atoms with E-state index in [1.807, 2.05) is 6.92 Å². The summed E-state index contributed by atoms with van der Waals surface area (Å²) in [6.45, 7) is 3.04. The van der Waals surface area contributed by atoms with Crippen LogP contribution in [-0.4, -0.2) is 63.8 Å². The lowest BCUT2D eigenvalue weighted by atomic mass is 10.0. The molecule has 3 aromatic carbocycles. The molecule has 0 bridgehead atoms. The zero-order valence-corrected chi connectivity index (χ0v) is 24.8. The second-order valence-electron chi connectivity index (χ2n) is 9.30. The van der Waals surface area contributed by atoms with Crippen LogP contribution in [0.3, 0.4) is 0 Å². The van der Waals surface area contributed by atoms with Crippen LogP contribution in [-0.2, 0) is 9.59 Å². The van der Waals surface area contributed by atoms with Crippen molar-refractivity contribution in [2.45, 2.75) is 19.9 Å². The molecule has 0 saturated heterocycles. The number of anilines is 1. The maximum atomic E-state index is 13.1. The van der Waals surface area contributed by atoms with E-state index in [0.717, 1.165) is 11.6 Å². The number of amidine groups is 1. The Morgan fingerprint density at radius 2 is 1.71 bits per heavy atom. The van der Waals surface area contributed by atoms with Crippen LogP contribution in [0.25, 0.3) is 5.69 Å². The number of hydrogen-bond acceptors (Lipinski definition) is 9. The van der Waals surface area contributed by atoms with E-state index in [0.29, 0.717) is 34.9 Å². The van der Waals surface area contributed by atoms with E-state index >= 15 is 0 Å². The summed E-state index contributed by atoms with van der Waals surface area (Å²) in [5, 5.41) is 25.4. The number of amides is 2. The number of benzene rings is 3. The molecule has 15 heteroatoms. The lowest BCUT2D eigenvalue weighted by molar-refractivity contribution is -0.134. The van der Waals surface area contributed by atoms with Gasteiger partial charge in [0.2, 0.25) is 0 Å². The second-order valence-corrected chi connectivity index (χ2v) is 9.30. The van der Waals surface area contributed by atoms with Gasteiger partial charge in [0.1, 0.15) is 11.9 Å². The average Bonchev–Trinajstić information content (AvgIpc) is 3.39. The summed E-state index contributed by atoms with van der Waals surface area (Å²) in [6, 6.07) is 17.7. The lowest BCUT2D eigenvalue weighted by Gasteiger charge is -2.20. The number of likely N-dealkylation sites (N-methyl/N-ethyl adjacent to an activating group) is 1. The van der Waals surface area contributed by atoms with Crippen molar-refractivity contribution in [2.24, 2.45) is 11.5 Å². The number of nitrogens with one attached hydrogen (secondary N) is 4. The highest BCUT2D eigenvalue weighted by Gasteiger charge is 2.23. The van der Waals surface area contributed by atoms with Gasteiger partial charge < -0.3 is 36.7 Å². The Morgan fingerprint density at radius 3 is 2.31 bits per heavy atom. The minimum Gasteiger partial charge on any atom is -0.490 e. The van der Waals surface area contributed by atoms with Gasteiger partial charge in [-0.1, -0.05) is 18.2 Å². The minimum atomic E-state index is -0.833. The van der Waals surface area contributed by atoms with E-state index in [9.17, 15) is 14.4 Å².